The lowest BCUT2D eigenvalue weighted by atomic mass is 10.2. The van der Waals surface area contributed by atoms with Crippen molar-refractivity contribution in [3.8, 4) is 16.2 Å². The lowest BCUT2D eigenvalue weighted by Crippen LogP contribution is -2.21. The van der Waals surface area contributed by atoms with E-state index < -0.39 is 10.0 Å². The van der Waals surface area contributed by atoms with Gasteiger partial charge in [-0.1, -0.05) is 35.3 Å². The first kappa shape index (κ1) is 22.4. The molecule has 4 rings (SSSR count). The summed E-state index contributed by atoms with van der Waals surface area (Å²) in [5.74, 6) is 0.0503. The van der Waals surface area contributed by atoms with Crippen molar-refractivity contribution in [3.05, 3.63) is 64.4 Å². The zero-order chi connectivity index (χ0) is 22.2. The Morgan fingerprint density at radius 1 is 1.13 bits per heavy atom. The number of nitrogens with one attached hydrogen (secondary N) is 1. The lowest BCUT2D eigenvalue weighted by molar-refractivity contribution is 0.208. The second-order valence-corrected chi connectivity index (χ2v) is 11.1. The van der Waals surface area contributed by atoms with E-state index in [-0.39, 0.29) is 21.2 Å². The summed E-state index contributed by atoms with van der Waals surface area (Å²) in [6.07, 6.45) is 0.881. The van der Waals surface area contributed by atoms with Crippen LogP contribution in [0.1, 0.15) is 6.42 Å². The molecule has 5 nitrogen and oxygen atoms in total. The first-order chi connectivity index (χ1) is 14.7. The molecular formula is C21H19Cl2FN2O3S2. The average molecular weight is 501 g/mol. The number of likely N-dealkylation sites (N-methyl/N-ethyl adjacent to an activating group) is 1. The number of thiophene rings is 1. The van der Waals surface area contributed by atoms with E-state index in [0.29, 0.717) is 26.9 Å². The largest absolute Gasteiger partial charge is 0.487 e. The Morgan fingerprint density at radius 2 is 1.87 bits per heavy atom. The van der Waals surface area contributed by atoms with E-state index >= 15 is 0 Å². The van der Waals surface area contributed by atoms with Gasteiger partial charge in [-0.25, -0.2) is 12.8 Å². The Bertz CT molecular complexity index is 1200. The number of hydrogen-bond donors (Lipinski definition) is 1. The SMILES string of the molecule is CN1CCC(Oc2cc(NS(=O)(=O)c3cc(Cl)c(-c4ccc(F)cc4)s3)ccc2Cl)C1. The summed E-state index contributed by atoms with van der Waals surface area (Å²) >= 11 is 13.5. The molecule has 0 saturated carbocycles. The fraction of sp³-hybridized carbons (Fsp3) is 0.238. The Labute approximate surface area is 194 Å². The summed E-state index contributed by atoms with van der Waals surface area (Å²) < 4.78 is 47.6. The highest BCUT2D eigenvalue weighted by Gasteiger charge is 2.24. The maximum atomic E-state index is 13.2. The van der Waals surface area contributed by atoms with Gasteiger partial charge in [0.15, 0.2) is 0 Å². The molecule has 1 aliphatic rings. The Kier molecular flexibility index (Phi) is 6.46. The Morgan fingerprint density at radius 3 is 2.55 bits per heavy atom. The van der Waals surface area contributed by atoms with Crippen LogP contribution in [0.4, 0.5) is 10.1 Å². The van der Waals surface area contributed by atoms with Crippen molar-refractivity contribution in [1.29, 1.82) is 0 Å². The molecule has 1 unspecified atom stereocenters. The van der Waals surface area contributed by atoms with Gasteiger partial charge in [0.25, 0.3) is 10.0 Å². The zero-order valence-electron chi connectivity index (χ0n) is 16.4. The highest BCUT2D eigenvalue weighted by atomic mass is 35.5. The van der Waals surface area contributed by atoms with Gasteiger partial charge in [-0.15, -0.1) is 11.3 Å². The summed E-state index contributed by atoms with van der Waals surface area (Å²) in [4.78, 5) is 2.71. The molecule has 1 saturated heterocycles. The lowest BCUT2D eigenvalue weighted by Gasteiger charge is -2.16. The second-order valence-electron chi connectivity index (χ2n) is 7.29. The minimum absolute atomic E-state index is 0.00345. The third kappa shape index (κ3) is 5.15. The fourth-order valence-electron chi connectivity index (χ4n) is 3.31. The fourth-order valence-corrected chi connectivity index (χ4v) is 6.35. The number of nitrogens with zero attached hydrogens (tertiary/aromatic N) is 1. The highest BCUT2D eigenvalue weighted by Crippen LogP contribution is 2.39. The molecule has 1 N–H and O–H groups in total. The van der Waals surface area contributed by atoms with Crippen LogP contribution in [0.25, 0.3) is 10.4 Å². The van der Waals surface area contributed by atoms with Crippen LogP contribution in [0, 0.1) is 5.82 Å². The quantitative estimate of drug-likeness (QED) is 0.468. The summed E-state index contributed by atoms with van der Waals surface area (Å²) in [6.45, 7) is 1.72. The van der Waals surface area contributed by atoms with Crippen LogP contribution in [0.3, 0.4) is 0 Å². The predicted molar refractivity (Wildman–Crippen MR) is 124 cm³/mol. The molecule has 31 heavy (non-hydrogen) atoms. The summed E-state index contributed by atoms with van der Waals surface area (Å²) in [5.41, 5.74) is 0.972. The molecule has 1 aliphatic heterocycles. The highest BCUT2D eigenvalue weighted by molar-refractivity contribution is 7.94. The van der Waals surface area contributed by atoms with Crippen LogP contribution in [0.15, 0.2) is 52.7 Å². The van der Waals surface area contributed by atoms with Crippen LogP contribution in [0.5, 0.6) is 5.75 Å². The molecule has 2 heterocycles. The molecule has 2 aromatic carbocycles. The summed E-state index contributed by atoms with van der Waals surface area (Å²) in [7, 11) is -1.88. The standard InChI is InChI=1S/C21H19Cl2FN2O3S2/c1-26-9-8-16(12-26)29-19-10-15(6-7-17(19)22)25-31(27,28)20-11-18(23)21(30-20)13-2-4-14(24)5-3-13/h2-7,10-11,16,25H,8-9,12H2,1H3. The molecule has 0 spiro atoms. The zero-order valence-corrected chi connectivity index (χ0v) is 19.6. The van der Waals surface area contributed by atoms with Gasteiger partial charge in [0, 0.05) is 19.2 Å². The van der Waals surface area contributed by atoms with E-state index in [1.54, 1.807) is 30.3 Å². The summed E-state index contributed by atoms with van der Waals surface area (Å²) in [5, 5.41) is 0.692. The van der Waals surface area contributed by atoms with Gasteiger partial charge < -0.3 is 9.64 Å². The van der Waals surface area contributed by atoms with Crippen molar-refractivity contribution in [3.63, 3.8) is 0 Å². The van der Waals surface area contributed by atoms with E-state index in [9.17, 15) is 12.8 Å². The molecule has 1 fully saturated rings. The van der Waals surface area contributed by atoms with Crippen molar-refractivity contribution in [1.82, 2.24) is 4.90 Å². The number of sulfonamides is 1. The molecule has 1 aromatic heterocycles. The van der Waals surface area contributed by atoms with Gasteiger partial charge in [-0.2, -0.15) is 0 Å². The number of hydrogen-bond acceptors (Lipinski definition) is 5. The molecule has 0 amide bonds. The van der Waals surface area contributed by atoms with Gasteiger partial charge in [-0.3, -0.25) is 4.72 Å². The molecule has 10 heteroatoms. The maximum absolute atomic E-state index is 13.2. The third-order valence-electron chi connectivity index (χ3n) is 4.86. The first-order valence-corrected chi connectivity index (χ1v) is 12.5. The number of rotatable bonds is 6. The minimum Gasteiger partial charge on any atom is -0.487 e. The van der Waals surface area contributed by atoms with Crippen LogP contribution >= 0.6 is 34.5 Å². The first-order valence-electron chi connectivity index (χ1n) is 9.44. The predicted octanol–water partition coefficient (Wildman–Crippen LogP) is 5.74. The summed E-state index contributed by atoms with van der Waals surface area (Å²) in [6, 6.07) is 11.8. The molecular weight excluding hydrogens is 482 g/mol. The number of benzene rings is 2. The van der Waals surface area contributed by atoms with Crippen LogP contribution < -0.4 is 9.46 Å². The van der Waals surface area contributed by atoms with Crippen molar-refractivity contribution in [2.75, 3.05) is 24.9 Å². The molecule has 0 bridgehead atoms. The Balaban J connectivity index is 1.56. The topological polar surface area (TPSA) is 58.6 Å². The van der Waals surface area contributed by atoms with Gasteiger partial charge in [0.2, 0.25) is 0 Å². The number of ether oxygens (including phenoxy) is 1. The molecule has 3 aromatic rings. The number of anilines is 1. The third-order valence-corrected chi connectivity index (χ3v) is 8.62. The average Bonchev–Trinajstić information content (AvgIpc) is 3.31. The molecule has 0 aliphatic carbocycles. The second kappa shape index (κ2) is 8.96. The van der Waals surface area contributed by atoms with Gasteiger partial charge in [-0.05, 0) is 49.4 Å². The minimum atomic E-state index is -3.89. The van der Waals surface area contributed by atoms with E-state index in [4.69, 9.17) is 27.9 Å². The molecule has 1 atom stereocenters. The molecule has 0 radical (unpaired) electrons. The molecule has 164 valence electrons. The van der Waals surface area contributed by atoms with Crippen LogP contribution in [-0.2, 0) is 10.0 Å². The van der Waals surface area contributed by atoms with E-state index in [1.807, 2.05) is 7.05 Å². The van der Waals surface area contributed by atoms with Crippen molar-refractivity contribution >= 4 is 50.2 Å². The van der Waals surface area contributed by atoms with Crippen molar-refractivity contribution < 1.29 is 17.5 Å². The normalized spacial score (nSPS) is 17.1. The van der Waals surface area contributed by atoms with Gasteiger partial charge in [0.1, 0.15) is 21.9 Å². The number of likely N-dealkylation sites (tertiary alicyclic amines) is 1. The monoisotopic (exact) mass is 500 g/mol. The van der Waals surface area contributed by atoms with Crippen LogP contribution in [0.2, 0.25) is 10.0 Å². The Hall–Kier alpha value is -1.84. The van der Waals surface area contributed by atoms with E-state index in [2.05, 4.69) is 9.62 Å². The van der Waals surface area contributed by atoms with E-state index in [0.717, 1.165) is 30.8 Å². The van der Waals surface area contributed by atoms with Gasteiger partial charge in [0.05, 0.1) is 20.6 Å². The smallest absolute Gasteiger partial charge is 0.271 e. The number of halogens is 3. The van der Waals surface area contributed by atoms with Crippen molar-refractivity contribution in [2.24, 2.45) is 0 Å². The van der Waals surface area contributed by atoms with E-state index in [1.165, 1.54) is 18.2 Å². The van der Waals surface area contributed by atoms with Crippen LogP contribution in [-0.4, -0.2) is 39.6 Å². The van der Waals surface area contributed by atoms with Crippen molar-refractivity contribution in [2.45, 2.75) is 16.7 Å². The maximum Gasteiger partial charge on any atom is 0.271 e. The van der Waals surface area contributed by atoms with Gasteiger partial charge >= 0.3 is 0 Å².